The van der Waals surface area contributed by atoms with E-state index < -0.39 is 26.2 Å². The first-order valence-electron chi connectivity index (χ1n) is 13.2. The van der Waals surface area contributed by atoms with Gasteiger partial charge in [0.15, 0.2) is 19.8 Å². The van der Waals surface area contributed by atoms with Crippen molar-refractivity contribution in [2.75, 3.05) is 41.2 Å². The number of carbonyl (C=O) groups excluding carboxylic acids is 2. The highest BCUT2D eigenvalue weighted by atomic mass is 28.4. The fourth-order valence-corrected chi connectivity index (χ4v) is 4.44. The number of amides is 2. The minimum absolute atomic E-state index is 0.0313. The second-order valence-electron chi connectivity index (χ2n) is 10.7. The molecule has 11 heteroatoms. The highest BCUT2D eigenvalue weighted by molar-refractivity contribution is 6.74. The number of hydrogen-bond donors (Lipinski definition) is 2. The molecule has 0 heterocycles. The van der Waals surface area contributed by atoms with E-state index in [4.69, 9.17) is 28.2 Å². The van der Waals surface area contributed by atoms with Crippen LogP contribution >= 0.6 is 0 Å². The minimum Gasteiger partial charge on any atom is -0.497 e. The topological polar surface area (TPSA) is 114 Å². The second kappa shape index (κ2) is 15.6. The Labute approximate surface area is 238 Å². The summed E-state index contributed by atoms with van der Waals surface area (Å²) in [6.07, 6.45) is 0.294. The quantitative estimate of drug-likeness (QED) is 0.171. The molecule has 222 valence electrons. The molecule has 1 atom stereocenters. The Bertz CT molecular complexity index is 1090. The average molecular weight is 577 g/mol. The van der Waals surface area contributed by atoms with E-state index in [-0.39, 0.29) is 5.04 Å². The Balaban J connectivity index is 1.94. The highest BCUT2D eigenvalue weighted by Gasteiger charge is 2.37. The Morgan fingerprint density at radius 1 is 0.900 bits per heavy atom. The maximum Gasteiger partial charge on any atom is 0.266 e. The molecule has 0 fully saturated rings. The van der Waals surface area contributed by atoms with Gasteiger partial charge in [0.1, 0.15) is 18.4 Å². The molecule has 40 heavy (non-hydrogen) atoms. The SMILES string of the molecule is CONC(=O)C(CCO[Si](C)(C)C(C)(C)C)NC(=O)c1ccc(OCCOCc2ccc(OC)cc2)c(OC)c1. The first-order valence-corrected chi connectivity index (χ1v) is 16.1. The summed E-state index contributed by atoms with van der Waals surface area (Å²) >= 11 is 0. The summed E-state index contributed by atoms with van der Waals surface area (Å²) in [6, 6.07) is 11.6. The first-order chi connectivity index (χ1) is 18.9. The fraction of sp³-hybridized carbons (Fsp3) is 0.517. The third-order valence-electron chi connectivity index (χ3n) is 6.84. The van der Waals surface area contributed by atoms with Gasteiger partial charge in [-0.2, -0.15) is 0 Å². The zero-order valence-corrected chi connectivity index (χ0v) is 25.9. The summed E-state index contributed by atoms with van der Waals surface area (Å²) in [5.41, 5.74) is 3.65. The van der Waals surface area contributed by atoms with Crippen molar-refractivity contribution in [2.24, 2.45) is 0 Å². The number of carbonyl (C=O) groups is 2. The first kappa shape index (κ1) is 33.1. The van der Waals surface area contributed by atoms with Crippen molar-refractivity contribution in [3.05, 3.63) is 53.6 Å². The molecule has 10 nitrogen and oxygen atoms in total. The van der Waals surface area contributed by atoms with Gasteiger partial charge in [-0.1, -0.05) is 32.9 Å². The van der Waals surface area contributed by atoms with Gasteiger partial charge in [-0.3, -0.25) is 14.4 Å². The van der Waals surface area contributed by atoms with Gasteiger partial charge in [0, 0.05) is 12.2 Å². The Morgan fingerprint density at radius 3 is 2.20 bits per heavy atom. The zero-order valence-electron chi connectivity index (χ0n) is 24.9. The molecule has 0 spiro atoms. The summed E-state index contributed by atoms with van der Waals surface area (Å²) in [6.45, 7) is 12.1. The number of nitrogens with one attached hydrogen (secondary N) is 2. The predicted octanol–water partition coefficient (Wildman–Crippen LogP) is 4.49. The lowest BCUT2D eigenvalue weighted by Gasteiger charge is -2.36. The molecular formula is C29H44N2O8Si. The van der Waals surface area contributed by atoms with Crippen molar-refractivity contribution < 1.29 is 37.8 Å². The van der Waals surface area contributed by atoms with Gasteiger partial charge in [0.05, 0.1) is 34.5 Å². The third-order valence-corrected chi connectivity index (χ3v) is 11.4. The second-order valence-corrected chi connectivity index (χ2v) is 15.5. The van der Waals surface area contributed by atoms with Crippen LogP contribution in [0.5, 0.6) is 17.2 Å². The van der Waals surface area contributed by atoms with E-state index in [9.17, 15) is 9.59 Å². The molecule has 0 aromatic heterocycles. The highest BCUT2D eigenvalue weighted by Crippen LogP contribution is 2.36. The maximum atomic E-state index is 13.0. The maximum absolute atomic E-state index is 13.0. The van der Waals surface area contributed by atoms with Gasteiger partial charge in [0.2, 0.25) is 0 Å². The van der Waals surface area contributed by atoms with Crippen LogP contribution in [0, 0.1) is 0 Å². The molecule has 2 aromatic carbocycles. The summed E-state index contributed by atoms with van der Waals surface area (Å²) in [4.78, 5) is 30.4. The van der Waals surface area contributed by atoms with Crippen molar-refractivity contribution >= 4 is 20.1 Å². The van der Waals surface area contributed by atoms with Gasteiger partial charge < -0.3 is 28.7 Å². The van der Waals surface area contributed by atoms with Crippen LogP contribution in [0.25, 0.3) is 0 Å². The van der Waals surface area contributed by atoms with Gasteiger partial charge >= 0.3 is 0 Å². The zero-order chi connectivity index (χ0) is 29.8. The Morgan fingerprint density at radius 2 is 1.60 bits per heavy atom. The van der Waals surface area contributed by atoms with Crippen LogP contribution in [-0.2, 0) is 25.4 Å². The number of hydroxylamine groups is 1. The van der Waals surface area contributed by atoms with Crippen molar-refractivity contribution in [2.45, 2.75) is 58.0 Å². The van der Waals surface area contributed by atoms with Crippen LogP contribution in [-0.4, -0.2) is 67.3 Å². The van der Waals surface area contributed by atoms with E-state index in [0.29, 0.717) is 49.9 Å². The van der Waals surface area contributed by atoms with Crippen LogP contribution in [0.15, 0.2) is 42.5 Å². The summed E-state index contributed by atoms with van der Waals surface area (Å²) in [7, 11) is 2.46. The van der Waals surface area contributed by atoms with Crippen molar-refractivity contribution in [1.82, 2.24) is 10.8 Å². The summed E-state index contributed by atoms with van der Waals surface area (Å²) in [5.74, 6) is 0.763. The van der Waals surface area contributed by atoms with E-state index >= 15 is 0 Å². The molecule has 2 rings (SSSR count). The molecule has 0 aliphatic carbocycles. The molecule has 0 aliphatic rings. The van der Waals surface area contributed by atoms with Gasteiger partial charge in [-0.25, -0.2) is 5.48 Å². The summed E-state index contributed by atoms with van der Waals surface area (Å²) in [5, 5.41) is 2.81. The number of benzene rings is 2. The van der Waals surface area contributed by atoms with E-state index in [0.717, 1.165) is 11.3 Å². The number of rotatable bonds is 16. The van der Waals surface area contributed by atoms with E-state index in [1.54, 1.807) is 25.3 Å². The van der Waals surface area contributed by atoms with E-state index in [1.165, 1.54) is 14.2 Å². The molecule has 2 N–H and O–H groups in total. The minimum atomic E-state index is -2.00. The number of ether oxygens (including phenoxy) is 4. The molecule has 1 unspecified atom stereocenters. The molecule has 2 amide bonds. The van der Waals surface area contributed by atoms with Crippen molar-refractivity contribution in [3.8, 4) is 17.2 Å². The smallest absolute Gasteiger partial charge is 0.266 e. The van der Waals surface area contributed by atoms with Crippen molar-refractivity contribution in [3.63, 3.8) is 0 Å². The lowest BCUT2D eigenvalue weighted by Crippen LogP contribution is -2.48. The fourth-order valence-electron chi connectivity index (χ4n) is 3.38. The van der Waals surface area contributed by atoms with E-state index in [2.05, 4.69) is 44.7 Å². The molecule has 0 radical (unpaired) electrons. The largest absolute Gasteiger partial charge is 0.497 e. The number of hydrogen-bond acceptors (Lipinski definition) is 8. The van der Waals surface area contributed by atoms with Crippen LogP contribution in [0.3, 0.4) is 0 Å². The average Bonchev–Trinajstić information content (AvgIpc) is 2.92. The van der Waals surface area contributed by atoms with Crippen LogP contribution in [0.4, 0.5) is 0 Å². The monoisotopic (exact) mass is 576 g/mol. The van der Waals surface area contributed by atoms with Crippen LogP contribution < -0.4 is 25.0 Å². The molecule has 0 saturated carbocycles. The van der Waals surface area contributed by atoms with E-state index in [1.807, 2.05) is 24.3 Å². The van der Waals surface area contributed by atoms with Crippen molar-refractivity contribution in [1.29, 1.82) is 0 Å². The normalized spacial score (nSPS) is 12.4. The summed E-state index contributed by atoms with van der Waals surface area (Å²) < 4.78 is 28.3. The lowest BCUT2D eigenvalue weighted by atomic mass is 10.1. The standard InChI is InChI=1S/C29H44N2O8Si/c1-29(2,3)40(7,8)39-16-15-24(28(33)31-36-6)30-27(32)22-11-14-25(26(19-22)35-5)38-18-17-37-20-21-9-12-23(34-4)13-10-21/h9-14,19,24H,15-18,20H2,1-8H3,(H,30,32)(H,31,33). The molecule has 2 aromatic rings. The third kappa shape index (κ3) is 10.1. The molecular weight excluding hydrogens is 532 g/mol. The van der Waals surface area contributed by atoms with Gasteiger partial charge in [0.25, 0.3) is 11.8 Å². The predicted molar refractivity (Wildman–Crippen MR) is 155 cm³/mol. The number of methoxy groups -OCH3 is 2. The molecule has 0 aliphatic heterocycles. The molecule has 0 saturated heterocycles. The molecule has 0 bridgehead atoms. The van der Waals surface area contributed by atoms with Gasteiger partial charge in [-0.05, 0) is 60.4 Å². The Hall–Kier alpha value is -3.12. The van der Waals surface area contributed by atoms with Crippen LogP contribution in [0.2, 0.25) is 18.1 Å². The van der Waals surface area contributed by atoms with Gasteiger partial charge in [-0.15, -0.1) is 0 Å². The van der Waals surface area contributed by atoms with Crippen LogP contribution in [0.1, 0.15) is 43.1 Å². The lowest BCUT2D eigenvalue weighted by molar-refractivity contribution is -0.133. The Kier molecular flexibility index (Phi) is 12.9.